The van der Waals surface area contributed by atoms with Crippen LogP contribution in [-0.4, -0.2) is 39.1 Å². The summed E-state index contributed by atoms with van der Waals surface area (Å²) >= 11 is 0. The number of pyridine rings is 1. The van der Waals surface area contributed by atoms with E-state index in [4.69, 9.17) is 5.73 Å². The van der Waals surface area contributed by atoms with E-state index >= 15 is 0 Å². The minimum absolute atomic E-state index is 0.555. The minimum Gasteiger partial charge on any atom is -0.369 e. The van der Waals surface area contributed by atoms with Crippen LogP contribution in [0.25, 0.3) is 11.2 Å². The van der Waals surface area contributed by atoms with E-state index in [1.54, 1.807) is 0 Å². The average Bonchev–Trinajstić information content (AvgIpc) is 2.69. The van der Waals surface area contributed by atoms with Crippen LogP contribution < -0.4 is 5.73 Å². The molecule has 2 heterocycles. The summed E-state index contributed by atoms with van der Waals surface area (Å²) in [6.45, 7) is 10.3. The second-order valence-electron chi connectivity index (χ2n) is 4.45. The normalized spacial score (nSPS) is 11.6. The zero-order valence-electron chi connectivity index (χ0n) is 11.3. The van der Waals surface area contributed by atoms with Crippen molar-refractivity contribution in [3.8, 4) is 0 Å². The van der Waals surface area contributed by atoms with Crippen LogP contribution in [-0.2, 0) is 6.54 Å². The maximum absolute atomic E-state index is 5.98. The Balaban J connectivity index is 2.28. The van der Waals surface area contributed by atoms with Gasteiger partial charge in [-0.1, -0.05) is 13.8 Å². The number of anilines is 1. The molecule has 0 saturated carbocycles. The number of aromatic nitrogens is 3. The number of nitrogens with two attached hydrogens (primary N) is 1. The summed E-state index contributed by atoms with van der Waals surface area (Å²) in [4.78, 5) is 11.2. The lowest BCUT2D eigenvalue weighted by Crippen LogP contribution is -2.27. The van der Waals surface area contributed by atoms with E-state index < -0.39 is 0 Å². The molecule has 2 aromatic rings. The van der Waals surface area contributed by atoms with Crippen molar-refractivity contribution in [3.63, 3.8) is 0 Å². The molecule has 5 nitrogen and oxygen atoms in total. The first-order valence-corrected chi connectivity index (χ1v) is 6.47. The highest BCUT2D eigenvalue weighted by molar-refractivity contribution is 5.77. The number of aryl methyl sites for hydroxylation is 1. The van der Waals surface area contributed by atoms with E-state index in [1.165, 1.54) is 0 Å². The molecule has 2 rings (SSSR count). The van der Waals surface area contributed by atoms with Crippen molar-refractivity contribution in [2.24, 2.45) is 0 Å². The monoisotopic (exact) mass is 247 g/mol. The lowest BCUT2D eigenvalue weighted by Gasteiger charge is -2.18. The SMILES string of the molecule is CCN(CC)CCn1c(N)nc2c(C)ccnc21. The molecular formula is C13H21N5. The van der Waals surface area contributed by atoms with E-state index in [0.717, 1.165) is 42.9 Å². The standard InChI is InChI=1S/C13H21N5/c1-4-17(5-2)8-9-18-12-11(16-13(18)14)10(3)6-7-15-12/h6-7H,4-5,8-9H2,1-3H3,(H2,14,16). The molecular weight excluding hydrogens is 226 g/mol. The van der Waals surface area contributed by atoms with Gasteiger partial charge < -0.3 is 10.6 Å². The molecule has 0 aliphatic heterocycles. The van der Waals surface area contributed by atoms with Gasteiger partial charge in [0.1, 0.15) is 5.52 Å². The molecule has 0 fully saturated rings. The largest absolute Gasteiger partial charge is 0.369 e. The van der Waals surface area contributed by atoms with Gasteiger partial charge in [-0.15, -0.1) is 0 Å². The molecule has 0 saturated heterocycles. The highest BCUT2D eigenvalue weighted by Crippen LogP contribution is 2.18. The molecule has 18 heavy (non-hydrogen) atoms. The van der Waals surface area contributed by atoms with Gasteiger partial charge in [0.05, 0.1) is 0 Å². The summed E-state index contributed by atoms with van der Waals surface area (Å²) in [5, 5.41) is 0. The summed E-state index contributed by atoms with van der Waals surface area (Å²) in [7, 11) is 0. The van der Waals surface area contributed by atoms with Crippen LogP contribution in [0.3, 0.4) is 0 Å². The maximum atomic E-state index is 5.98. The van der Waals surface area contributed by atoms with Crippen molar-refractivity contribution in [1.82, 2.24) is 19.4 Å². The van der Waals surface area contributed by atoms with Crippen molar-refractivity contribution in [3.05, 3.63) is 17.8 Å². The topological polar surface area (TPSA) is 60.0 Å². The lowest BCUT2D eigenvalue weighted by atomic mass is 10.3. The predicted molar refractivity (Wildman–Crippen MR) is 74.5 cm³/mol. The van der Waals surface area contributed by atoms with Gasteiger partial charge in [0.2, 0.25) is 5.95 Å². The third kappa shape index (κ3) is 2.31. The minimum atomic E-state index is 0.555. The van der Waals surface area contributed by atoms with Crippen LogP contribution >= 0.6 is 0 Å². The van der Waals surface area contributed by atoms with Crippen LogP contribution in [0.2, 0.25) is 0 Å². The number of fused-ring (bicyclic) bond motifs is 1. The number of imidazole rings is 1. The molecule has 5 heteroatoms. The highest BCUT2D eigenvalue weighted by Gasteiger charge is 2.11. The van der Waals surface area contributed by atoms with Crippen molar-refractivity contribution < 1.29 is 0 Å². The van der Waals surface area contributed by atoms with Crippen LogP contribution in [0.15, 0.2) is 12.3 Å². The number of hydrogen-bond acceptors (Lipinski definition) is 4. The summed E-state index contributed by atoms with van der Waals surface area (Å²) in [6, 6.07) is 1.96. The summed E-state index contributed by atoms with van der Waals surface area (Å²) in [5.41, 5.74) is 8.90. The first-order valence-electron chi connectivity index (χ1n) is 6.47. The number of rotatable bonds is 5. The van der Waals surface area contributed by atoms with E-state index in [0.29, 0.717) is 5.95 Å². The Hall–Kier alpha value is -1.62. The fourth-order valence-electron chi connectivity index (χ4n) is 2.16. The fourth-order valence-corrected chi connectivity index (χ4v) is 2.16. The Morgan fingerprint density at radius 2 is 2.06 bits per heavy atom. The van der Waals surface area contributed by atoms with Gasteiger partial charge >= 0.3 is 0 Å². The molecule has 98 valence electrons. The smallest absolute Gasteiger partial charge is 0.202 e. The quantitative estimate of drug-likeness (QED) is 0.873. The second kappa shape index (κ2) is 5.35. The van der Waals surface area contributed by atoms with Crippen LogP contribution in [0.4, 0.5) is 5.95 Å². The number of nitrogens with zero attached hydrogens (tertiary/aromatic N) is 4. The highest BCUT2D eigenvalue weighted by atomic mass is 15.2. The molecule has 2 N–H and O–H groups in total. The Morgan fingerprint density at radius 3 is 2.72 bits per heavy atom. The number of hydrogen-bond donors (Lipinski definition) is 1. The first-order chi connectivity index (χ1) is 8.67. The molecule has 0 unspecified atom stereocenters. The van der Waals surface area contributed by atoms with Gasteiger partial charge in [-0.25, -0.2) is 9.97 Å². The average molecular weight is 247 g/mol. The van der Waals surface area contributed by atoms with Crippen LogP contribution in [0.1, 0.15) is 19.4 Å². The molecule has 2 aromatic heterocycles. The first kappa shape index (κ1) is 12.8. The number of likely N-dealkylation sites (N-methyl/N-ethyl adjacent to an activating group) is 1. The Labute approximate surface area is 108 Å². The molecule has 0 amide bonds. The maximum Gasteiger partial charge on any atom is 0.202 e. The number of nitrogen functional groups attached to an aromatic ring is 1. The lowest BCUT2D eigenvalue weighted by molar-refractivity contribution is 0.292. The Bertz CT molecular complexity index is 527. The van der Waals surface area contributed by atoms with Crippen molar-refractivity contribution in [2.45, 2.75) is 27.3 Å². The zero-order chi connectivity index (χ0) is 13.1. The van der Waals surface area contributed by atoms with Gasteiger partial charge in [-0.2, -0.15) is 0 Å². The van der Waals surface area contributed by atoms with Gasteiger partial charge in [0.15, 0.2) is 5.65 Å². The second-order valence-corrected chi connectivity index (χ2v) is 4.45. The molecule has 0 spiro atoms. The van der Waals surface area contributed by atoms with Gasteiger partial charge in [-0.3, -0.25) is 4.57 Å². The van der Waals surface area contributed by atoms with Crippen LogP contribution in [0, 0.1) is 6.92 Å². The summed E-state index contributed by atoms with van der Waals surface area (Å²) in [5.74, 6) is 0.555. The van der Waals surface area contributed by atoms with E-state index in [1.807, 2.05) is 23.8 Å². The molecule has 0 aliphatic rings. The Morgan fingerprint density at radius 1 is 1.33 bits per heavy atom. The van der Waals surface area contributed by atoms with Crippen LogP contribution in [0.5, 0.6) is 0 Å². The van der Waals surface area contributed by atoms with Gasteiger partial charge in [0.25, 0.3) is 0 Å². The summed E-state index contributed by atoms with van der Waals surface area (Å²) < 4.78 is 2.00. The van der Waals surface area contributed by atoms with E-state index in [2.05, 4.69) is 28.7 Å². The molecule has 0 aromatic carbocycles. The third-order valence-electron chi connectivity index (χ3n) is 3.40. The fraction of sp³-hybridized carbons (Fsp3) is 0.538. The molecule has 0 bridgehead atoms. The van der Waals surface area contributed by atoms with E-state index in [9.17, 15) is 0 Å². The predicted octanol–water partition coefficient (Wildman–Crippen LogP) is 1.66. The van der Waals surface area contributed by atoms with Gasteiger partial charge in [-0.05, 0) is 31.6 Å². The van der Waals surface area contributed by atoms with Gasteiger partial charge in [0, 0.05) is 19.3 Å². The van der Waals surface area contributed by atoms with Crippen molar-refractivity contribution in [2.75, 3.05) is 25.4 Å². The molecule has 0 radical (unpaired) electrons. The van der Waals surface area contributed by atoms with E-state index in [-0.39, 0.29) is 0 Å². The molecule has 0 atom stereocenters. The van der Waals surface area contributed by atoms with Crippen molar-refractivity contribution in [1.29, 1.82) is 0 Å². The van der Waals surface area contributed by atoms with Crippen molar-refractivity contribution >= 4 is 17.1 Å². The summed E-state index contributed by atoms with van der Waals surface area (Å²) in [6.07, 6.45) is 1.81. The molecule has 0 aliphatic carbocycles. The Kier molecular flexibility index (Phi) is 3.81. The third-order valence-corrected chi connectivity index (χ3v) is 3.40. The zero-order valence-corrected chi connectivity index (χ0v) is 11.3.